The number of nitrogens with one attached hydrogen (secondary N) is 4. The number of aryl methyl sites for hydroxylation is 2. The molecule has 0 spiro atoms. The zero-order valence-corrected chi connectivity index (χ0v) is 43.2. The van der Waals surface area contributed by atoms with E-state index in [0.29, 0.717) is 98.3 Å². The normalized spacial score (nSPS) is 17.4. The predicted molar refractivity (Wildman–Crippen MR) is 277 cm³/mol. The topological polar surface area (TPSA) is 250 Å². The van der Waals surface area contributed by atoms with E-state index in [1.54, 1.807) is 76.6 Å². The van der Waals surface area contributed by atoms with Gasteiger partial charge >= 0.3 is 5.97 Å². The molecule has 19 nitrogen and oxygen atoms in total. The molecule has 5 amide bonds. The van der Waals surface area contributed by atoms with E-state index in [0.717, 1.165) is 10.1 Å². The standard InChI is InChI=1S/C55H69N7O12/c1-7-55(3,4)50(67)53(70)61-30-12-10-20-42(61)54(71)74-43(25-21-35-22-26-44(72-5)45(31-35)73-6)36-15-13-16-37(32-36)59-46(64)27-23-38(63)17-9-8-11-29-56-48(66)33-57-39-18-14-19-40-49(39)52(69)62(34(2)58-40)41-24-28-47(65)60-51(41)68/h13-16,18-19,22,26,31-32,41-43,57H,7-12,17,20-21,23-25,27-30,33H2,1-6H3,(H,56,66)(H,59,64)(H,60,65,68)/i41D. The van der Waals surface area contributed by atoms with E-state index in [-0.39, 0.29) is 74.0 Å². The number of carbonyl (C=O) groups excluding carboxylic acids is 8. The van der Waals surface area contributed by atoms with Crippen LogP contribution in [0.1, 0.15) is 135 Å². The molecule has 3 aromatic carbocycles. The number of esters is 1. The lowest BCUT2D eigenvalue weighted by molar-refractivity contribution is -0.164. The highest BCUT2D eigenvalue weighted by Gasteiger charge is 2.41. The second-order valence-corrected chi connectivity index (χ2v) is 19.3. The lowest BCUT2D eigenvalue weighted by atomic mass is 9.84. The van der Waals surface area contributed by atoms with Crippen LogP contribution in [0, 0.1) is 12.3 Å². The van der Waals surface area contributed by atoms with Gasteiger partial charge < -0.3 is 35.1 Å². The fraction of sp³-hybridized carbons (Fsp3) is 0.491. The molecule has 74 heavy (non-hydrogen) atoms. The number of nitrogens with zero attached hydrogens (tertiary/aromatic N) is 3. The zero-order valence-electron chi connectivity index (χ0n) is 44.2. The molecule has 19 heteroatoms. The highest BCUT2D eigenvalue weighted by atomic mass is 16.5. The van der Waals surface area contributed by atoms with Crippen molar-refractivity contribution in [2.75, 3.05) is 44.5 Å². The van der Waals surface area contributed by atoms with E-state index < -0.39 is 58.6 Å². The molecule has 0 radical (unpaired) electrons. The Hall–Kier alpha value is -7.44. The van der Waals surface area contributed by atoms with Crippen molar-refractivity contribution in [1.29, 1.82) is 0 Å². The van der Waals surface area contributed by atoms with Crippen LogP contribution in [-0.2, 0) is 49.5 Å². The molecule has 2 aliphatic heterocycles. The molecule has 0 saturated carbocycles. The molecule has 0 bridgehead atoms. The number of benzene rings is 3. The third kappa shape index (κ3) is 14.4. The number of aromatic nitrogens is 2. The summed E-state index contributed by atoms with van der Waals surface area (Å²) in [6, 6.07) is 14.3. The van der Waals surface area contributed by atoms with E-state index in [2.05, 4.69) is 26.3 Å². The van der Waals surface area contributed by atoms with Gasteiger partial charge in [0.15, 0.2) is 11.5 Å². The summed E-state index contributed by atoms with van der Waals surface area (Å²) in [5.74, 6) is -2.86. The van der Waals surface area contributed by atoms with Crippen LogP contribution >= 0.6 is 0 Å². The van der Waals surface area contributed by atoms with Gasteiger partial charge in [0.1, 0.15) is 29.8 Å². The minimum absolute atomic E-state index is 0.0258. The smallest absolute Gasteiger partial charge is 0.329 e. The average Bonchev–Trinajstić information content (AvgIpc) is 3.40. The monoisotopic (exact) mass is 1020 g/mol. The first-order chi connectivity index (χ1) is 35.8. The van der Waals surface area contributed by atoms with Gasteiger partial charge in [-0.15, -0.1) is 0 Å². The second-order valence-electron chi connectivity index (χ2n) is 19.3. The van der Waals surface area contributed by atoms with Crippen molar-refractivity contribution >= 4 is 69.3 Å². The first-order valence-corrected chi connectivity index (χ1v) is 25.4. The number of hydrogen-bond donors (Lipinski definition) is 4. The number of amides is 5. The summed E-state index contributed by atoms with van der Waals surface area (Å²) >= 11 is 0. The van der Waals surface area contributed by atoms with Gasteiger partial charge in [-0.1, -0.05) is 51.5 Å². The number of anilines is 2. The zero-order chi connectivity index (χ0) is 54.5. The predicted octanol–water partition coefficient (Wildman–Crippen LogP) is 6.38. The number of hydrogen-bond acceptors (Lipinski definition) is 14. The van der Waals surface area contributed by atoms with Crippen LogP contribution in [0.4, 0.5) is 11.4 Å². The van der Waals surface area contributed by atoms with Crippen molar-refractivity contribution in [1.82, 2.24) is 25.1 Å². The maximum Gasteiger partial charge on any atom is 0.329 e. The van der Waals surface area contributed by atoms with Crippen molar-refractivity contribution in [2.24, 2.45) is 5.41 Å². The number of carbonyl (C=O) groups is 8. The van der Waals surface area contributed by atoms with Gasteiger partial charge in [0.25, 0.3) is 11.5 Å². The van der Waals surface area contributed by atoms with Crippen molar-refractivity contribution in [2.45, 2.75) is 136 Å². The molecular weight excluding hydrogens is 951 g/mol. The summed E-state index contributed by atoms with van der Waals surface area (Å²) in [6.45, 7) is 7.21. The number of ketones is 2. The largest absolute Gasteiger partial charge is 0.493 e. The Balaban J connectivity index is 0.976. The summed E-state index contributed by atoms with van der Waals surface area (Å²) < 4.78 is 26.9. The molecular formula is C55H69N7O12. The first-order valence-electron chi connectivity index (χ1n) is 25.9. The van der Waals surface area contributed by atoms with Gasteiger partial charge in [-0.2, -0.15) is 0 Å². The quantitative estimate of drug-likeness (QED) is 0.0244. The van der Waals surface area contributed by atoms with Gasteiger partial charge in [0.2, 0.25) is 29.4 Å². The van der Waals surface area contributed by atoms with E-state index in [1.807, 2.05) is 19.1 Å². The number of imide groups is 1. The third-order valence-corrected chi connectivity index (χ3v) is 13.6. The summed E-state index contributed by atoms with van der Waals surface area (Å²) in [5, 5.41) is 10.9. The molecule has 1 aromatic heterocycles. The van der Waals surface area contributed by atoms with Crippen LogP contribution in [0.25, 0.3) is 10.9 Å². The minimum atomic E-state index is -2.07. The summed E-state index contributed by atoms with van der Waals surface area (Å²) in [4.78, 5) is 124. The maximum absolute atomic E-state index is 14.1. The Morgan fingerprint density at radius 3 is 2.41 bits per heavy atom. The van der Waals surface area contributed by atoms with Gasteiger partial charge in [-0.3, -0.25) is 48.2 Å². The van der Waals surface area contributed by atoms with E-state index in [4.69, 9.17) is 15.6 Å². The van der Waals surface area contributed by atoms with E-state index in [1.165, 1.54) is 11.8 Å². The van der Waals surface area contributed by atoms with E-state index in [9.17, 15) is 43.2 Å². The number of rotatable bonds is 25. The number of fused-ring (bicyclic) bond motifs is 1. The van der Waals surface area contributed by atoms with Crippen molar-refractivity contribution in [3.8, 4) is 11.5 Å². The van der Waals surface area contributed by atoms with E-state index >= 15 is 0 Å². The Morgan fingerprint density at radius 1 is 0.892 bits per heavy atom. The summed E-state index contributed by atoms with van der Waals surface area (Å²) in [6.07, 6.45) is 3.85. The van der Waals surface area contributed by atoms with Gasteiger partial charge in [0.05, 0.1) is 33.0 Å². The molecule has 0 aliphatic carbocycles. The molecule has 2 saturated heterocycles. The molecule has 4 N–H and O–H groups in total. The Morgan fingerprint density at radius 2 is 1.66 bits per heavy atom. The van der Waals surface area contributed by atoms with Crippen LogP contribution in [0.3, 0.4) is 0 Å². The molecule has 3 unspecified atom stereocenters. The van der Waals surface area contributed by atoms with Gasteiger partial charge in [0, 0.05) is 55.6 Å². The second kappa shape index (κ2) is 26.0. The van der Waals surface area contributed by atoms with Crippen molar-refractivity contribution in [3.05, 3.63) is 88.0 Å². The number of methoxy groups -OCH3 is 2. The first kappa shape index (κ1) is 54.3. The number of likely N-dealkylation sites (tertiary alicyclic amines) is 1. The minimum Gasteiger partial charge on any atom is -0.493 e. The Bertz CT molecular complexity index is 2870. The number of piperidine rings is 2. The fourth-order valence-electron chi connectivity index (χ4n) is 8.98. The third-order valence-electron chi connectivity index (χ3n) is 13.6. The Kier molecular flexibility index (Phi) is 19.1. The SMILES string of the molecule is [2H]C1(n2c(C)nc3cccc(NCC(=O)NCCCCCC(=O)CCC(=O)Nc4cccc(C(CCc5ccc(OC)c(OC)c5)OC(=O)C5CCCCN5C(=O)C(=O)C(C)(C)CC)c4)c3c2=O)CCC(=O)NC1=O. The Labute approximate surface area is 432 Å². The number of unbranched alkanes of at least 4 members (excludes halogenated alkanes) is 2. The highest BCUT2D eigenvalue weighted by Crippen LogP contribution is 2.33. The van der Waals surface area contributed by atoms with Crippen LogP contribution in [0.15, 0.2) is 65.5 Å². The number of ether oxygens (including phenoxy) is 3. The van der Waals surface area contributed by atoms with Crippen LogP contribution in [-0.4, -0.2) is 101 Å². The van der Waals surface area contributed by atoms with Crippen molar-refractivity contribution in [3.63, 3.8) is 0 Å². The fourth-order valence-corrected chi connectivity index (χ4v) is 8.98. The van der Waals surface area contributed by atoms with Gasteiger partial charge in [-0.05, 0) is 112 Å². The molecule has 6 rings (SSSR count). The van der Waals surface area contributed by atoms with Crippen molar-refractivity contribution < 1.29 is 53.9 Å². The highest BCUT2D eigenvalue weighted by molar-refractivity contribution is 6.38. The lowest BCUT2D eigenvalue weighted by Crippen LogP contribution is -2.53. The van der Waals surface area contributed by atoms with Gasteiger partial charge in [-0.25, -0.2) is 9.78 Å². The lowest BCUT2D eigenvalue weighted by Gasteiger charge is -2.36. The molecule has 4 aromatic rings. The molecule has 3 atom stereocenters. The number of Topliss-reactive ketones (excluding diaryl/α,β-unsaturated/α-hetero) is 2. The van der Waals surface area contributed by atoms with Crippen LogP contribution in [0.5, 0.6) is 11.5 Å². The summed E-state index contributed by atoms with van der Waals surface area (Å²) in [7, 11) is 3.09. The molecule has 3 heterocycles. The summed E-state index contributed by atoms with van der Waals surface area (Å²) in [5.41, 5.74) is 0.999. The van der Waals surface area contributed by atoms with Crippen LogP contribution < -0.4 is 36.3 Å². The molecule has 396 valence electrons. The molecule has 2 aliphatic rings. The van der Waals surface area contributed by atoms with Crippen LogP contribution in [0.2, 0.25) is 0 Å². The molecule has 2 fully saturated rings. The maximum atomic E-state index is 14.1. The average molecular weight is 1020 g/mol.